The molecule has 0 amide bonds. The number of para-hydroxylation sites is 2. The maximum absolute atomic E-state index is 13.1. The molecule has 1 aliphatic carbocycles. The van der Waals surface area contributed by atoms with Gasteiger partial charge in [0.1, 0.15) is 5.69 Å². The van der Waals surface area contributed by atoms with Crippen molar-refractivity contribution in [1.29, 1.82) is 0 Å². The molecule has 6 heteroatoms. The van der Waals surface area contributed by atoms with Crippen molar-refractivity contribution in [2.45, 2.75) is 31.7 Å². The zero-order chi connectivity index (χ0) is 18.1. The summed E-state index contributed by atoms with van der Waals surface area (Å²) in [5.74, 6) is 0. The molecule has 0 spiro atoms. The van der Waals surface area contributed by atoms with Crippen LogP contribution in [0.5, 0.6) is 0 Å². The number of aromatic nitrogens is 1. The van der Waals surface area contributed by atoms with E-state index in [9.17, 15) is 14.9 Å². The predicted molar refractivity (Wildman–Crippen MR) is 102 cm³/mol. The van der Waals surface area contributed by atoms with Gasteiger partial charge in [-0.15, -0.1) is 0 Å². The monoisotopic (exact) mass is 349 g/mol. The Kier molecular flexibility index (Phi) is 4.16. The van der Waals surface area contributed by atoms with Crippen LogP contribution >= 0.6 is 0 Å². The number of pyridine rings is 1. The Morgan fingerprint density at radius 2 is 1.65 bits per heavy atom. The highest BCUT2D eigenvalue weighted by atomic mass is 16.6. The van der Waals surface area contributed by atoms with Crippen molar-refractivity contribution in [2.24, 2.45) is 0 Å². The highest BCUT2D eigenvalue weighted by Crippen LogP contribution is 2.34. The predicted octanol–water partition coefficient (Wildman–Crippen LogP) is 4.25. The average molecular weight is 349 g/mol. The molecule has 0 saturated heterocycles. The topological polar surface area (TPSA) is 77.2 Å². The quantitative estimate of drug-likeness (QED) is 0.564. The number of rotatable bonds is 4. The number of anilines is 1. The van der Waals surface area contributed by atoms with Crippen molar-refractivity contribution in [2.75, 3.05) is 5.32 Å². The van der Waals surface area contributed by atoms with Crippen molar-refractivity contribution in [1.82, 2.24) is 4.57 Å². The van der Waals surface area contributed by atoms with Gasteiger partial charge in [0.05, 0.1) is 10.4 Å². The van der Waals surface area contributed by atoms with Gasteiger partial charge in [0, 0.05) is 17.1 Å². The number of hydrogen-bond donors (Lipinski definition) is 1. The second-order valence-corrected chi connectivity index (χ2v) is 6.60. The fourth-order valence-electron chi connectivity index (χ4n) is 3.75. The number of hydrogen-bond acceptors (Lipinski definition) is 4. The lowest BCUT2D eigenvalue weighted by molar-refractivity contribution is -0.385. The third-order valence-corrected chi connectivity index (χ3v) is 4.96. The van der Waals surface area contributed by atoms with Crippen LogP contribution in [0.3, 0.4) is 0 Å². The van der Waals surface area contributed by atoms with Crippen LogP contribution in [0.25, 0.3) is 16.6 Å². The van der Waals surface area contributed by atoms with Crippen LogP contribution in [0, 0.1) is 10.1 Å². The molecule has 1 heterocycles. The molecule has 0 atom stereocenters. The first-order valence-electron chi connectivity index (χ1n) is 8.81. The third-order valence-electron chi connectivity index (χ3n) is 4.96. The summed E-state index contributed by atoms with van der Waals surface area (Å²) in [5, 5.41) is 15.8. The first kappa shape index (κ1) is 16.3. The Morgan fingerprint density at radius 3 is 2.35 bits per heavy atom. The van der Waals surface area contributed by atoms with Crippen LogP contribution in [0.4, 0.5) is 11.4 Å². The normalized spacial score (nSPS) is 14.6. The van der Waals surface area contributed by atoms with E-state index in [0.29, 0.717) is 22.3 Å². The molecule has 4 rings (SSSR count). The molecular formula is C20H19N3O3. The molecule has 1 N–H and O–H groups in total. The second-order valence-electron chi connectivity index (χ2n) is 6.60. The minimum atomic E-state index is -0.611. The maximum atomic E-state index is 13.1. The first-order chi connectivity index (χ1) is 12.7. The highest BCUT2D eigenvalue weighted by molar-refractivity contribution is 5.97. The summed E-state index contributed by atoms with van der Waals surface area (Å²) in [5.41, 5.74) is 0.619. The molecule has 1 fully saturated rings. The summed E-state index contributed by atoms with van der Waals surface area (Å²) in [6.07, 6.45) is 4.13. The fraction of sp³-hybridized carbons (Fsp3) is 0.250. The van der Waals surface area contributed by atoms with Crippen LogP contribution in [0.1, 0.15) is 25.7 Å². The average Bonchev–Trinajstić information content (AvgIpc) is 3.15. The lowest BCUT2D eigenvalue weighted by Gasteiger charge is -2.18. The van der Waals surface area contributed by atoms with Gasteiger partial charge in [0.25, 0.3) is 0 Å². The number of fused-ring (bicyclic) bond motifs is 1. The summed E-state index contributed by atoms with van der Waals surface area (Å²) in [7, 11) is 0. The van der Waals surface area contributed by atoms with Crippen LogP contribution in [0.2, 0.25) is 0 Å². The standard InChI is InChI=1S/C20H19N3O3/c24-20-19(23(25)26)18(21-14-8-4-5-9-14)16-12-6-7-13-17(16)22(20)15-10-2-1-3-11-15/h1-3,6-7,10-14,21H,4-5,8-9H2. The van der Waals surface area contributed by atoms with Gasteiger partial charge in [-0.2, -0.15) is 0 Å². The van der Waals surface area contributed by atoms with Crippen LogP contribution < -0.4 is 10.9 Å². The van der Waals surface area contributed by atoms with E-state index >= 15 is 0 Å². The molecule has 0 unspecified atom stereocenters. The number of nitrogens with zero attached hydrogens (tertiary/aromatic N) is 2. The van der Waals surface area contributed by atoms with E-state index in [1.165, 1.54) is 4.57 Å². The van der Waals surface area contributed by atoms with Gasteiger partial charge in [-0.1, -0.05) is 49.2 Å². The van der Waals surface area contributed by atoms with Gasteiger partial charge in [-0.05, 0) is 31.0 Å². The lowest BCUT2D eigenvalue weighted by atomic mass is 10.1. The Morgan fingerprint density at radius 1 is 1.00 bits per heavy atom. The lowest BCUT2D eigenvalue weighted by Crippen LogP contribution is -2.25. The zero-order valence-electron chi connectivity index (χ0n) is 14.2. The SMILES string of the molecule is O=c1c([N+](=O)[O-])c(NC2CCCC2)c2ccccc2n1-c1ccccc1. The van der Waals surface area contributed by atoms with Gasteiger partial charge in [-0.25, -0.2) is 0 Å². The van der Waals surface area contributed by atoms with E-state index in [0.717, 1.165) is 25.7 Å². The van der Waals surface area contributed by atoms with Gasteiger partial charge in [0.2, 0.25) is 0 Å². The smallest absolute Gasteiger partial charge is 0.357 e. The summed E-state index contributed by atoms with van der Waals surface area (Å²) in [6.45, 7) is 0. The molecule has 6 nitrogen and oxygen atoms in total. The van der Waals surface area contributed by atoms with Crippen LogP contribution in [-0.2, 0) is 0 Å². The summed E-state index contributed by atoms with van der Waals surface area (Å²) in [6, 6.07) is 16.5. The molecule has 1 aliphatic rings. The largest absolute Gasteiger partial charge is 0.376 e. The number of benzene rings is 2. The van der Waals surface area contributed by atoms with Crippen molar-refractivity contribution >= 4 is 22.3 Å². The number of nitro groups is 1. The van der Waals surface area contributed by atoms with Crippen molar-refractivity contribution < 1.29 is 4.92 Å². The highest BCUT2D eigenvalue weighted by Gasteiger charge is 2.28. The Labute approximate surface area is 150 Å². The molecular weight excluding hydrogens is 330 g/mol. The molecule has 0 radical (unpaired) electrons. The van der Waals surface area contributed by atoms with E-state index in [-0.39, 0.29) is 11.7 Å². The van der Waals surface area contributed by atoms with E-state index < -0.39 is 10.5 Å². The Balaban J connectivity index is 2.04. The van der Waals surface area contributed by atoms with Crippen LogP contribution in [-0.4, -0.2) is 15.5 Å². The molecule has 1 aromatic heterocycles. The van der Waals surface area contributed by atoms with Gasteiger partial charge >= 0.3 is 11.2 Å². The molecule has 26 heavy (non-hydrogen) atoms. The first-order valence-corrected chi connectivity index (χ1v) is 8.81. The van der Waals surface area contributed by atoms with E-state index in [1.54, 1.807) is 12.1 Å². The third kappa shape index (κ3) is 2.73. The van der Waals surface area contributed by atoms with Gasteiger partial charge < -0.3 is 5.32 Å². The molecule has 0 aliphatic heterocycles. The van der Waals surface area contributed by atoms with Crippen molar-refractivity contribution in [3.8, 4) is 5.69 Å². The molecule has 0 bridgehead atoms. The maximum Gasteiger partial charge on any atom is 0.357 e. The van der Waals surface area contributed by atoms with Gasteiger partial charge in [0.15, 0.2) is 0 Å². The summed E-state index contributed by atoms with van der Waals surface area (Å²) < 4.78 is 1.42. The zero-order valence-corrected chi connectivity index (χ0v) is 14.2. The minimum absolute atomic E-state index is 0.170. The number of nitrogens with one attached hydrogen (secondary N) is 1. The molecule has 2 aromatic carbocycles. The van der Waals surface area contributed by atoms with Crippen molar-refractivity contribution in [3.63, 3.8) is 0 Å². The summed E-state index contributed by atoms with van der Waals surface area (Å²) >= 11 is 0. The Hall–Kier alpha value is -3.15. The van der Waals surface area contributed by atoms with E-state index in [2.05, 4.69) is 5.32 Å². The van der Waals surface area contributed by atoms with Gasteiger partial charge in [-0.3, -0.25) is 19.5 Å². The Bertz CT molecular complexity index is 1020. The van der Waals surface area contributed by atoms with E-state index in [4.69, 9.17) is 0 Å². The fourth-order valence-corrected chi connectivity index (χ4v) is 3.75. The minimum Gasteiger partial charge on any atom is -0.376 e. The van der Waals surface area contributed by atoms with Crippen LogP contribution in [0.15, 0.2) is 59.4 Å². The molecule has 3 aromatic rings. The molecule has 1 saturated carbocycles. The summed E-state index contributed by atoms with van der Waals surface area (Å²) in [4.78, 5) is 24.3. The second kappa shape index (κ2) is 6.63. The van der Waals surface area contributed by atoms with Crippen molar-refractivity contribution in [3.05, 3.63) is 75.1 Å². The van der Waals surface area contributed by atoms with E-state index in [1.807, 2.05) is 42.5 Å². The molecule has 132 valence electrons.